The molecule has 0 amide bonds. The van der Waals surface area contributed by atoms with Crippen molar-refractivity contribution in [2.24, 2.45) is 0 Å². The van der Waals surface area contributed by atoms with E-state index in [9.17, 15) is 30.0 Å². The number of phenols is 2. The van der Waals surface area contributed by atoms with Gasteiger partial charge < -0.3 is 35.0 Å². The predicted octanol–water partition coefficient (Wildman–Crippen LogP) is -1.49. The van der Waals surface area contributed by atoms with Crippen molar-refractivity contribution in [3.05, 3.63) is 23.8 Å². The zero-order chi connectivity index (χ0) is 17.6. The van der Waals surface area contributed by atoms with E-state index < -0.39 is 54.1 Å². The first-order valence-corrected chi connectivity index (χ1v) is 7.23. The summed E-state index contributed by atoms with van der Waals surface area (Å²) in [4.78, 5) is 24.2. The van der Waals surface area contributed by atoms with Gasteiger partial charge in [-0.3, -0.25) is 4.79 Å². The van der Waals surface area contributed by atoms with Crippen LogP contribution in [0.4, 0.5) is 0 Å². The van der Waals surface area contributed by atoms with Crippen molar-refractivity contribution in [2.75, 3.05) is 6.61 Å². The average Bonchev–Trinajstić information content (AvgIpc) is 3.02. The van der Waals surface area contributed by atoms with Crippen molar-refractivity contribution in [3.63, 3.8) is 0 Å². The van der Waals surface area contributed by atoms with E-state index in [4.69, 9.17) is 14.6 Å². The Labute approximate surface area is 135 Å². The second-order valence-electron chi connectivity index (χ2n) is 5.84. The number of hydrogen-bond donors (Lipinski definition) is 5. The van der Waals surface area contributed by atoms with Crippen LogP contribution >= 0.6 is 0 Å². The minimum atomic E-state index is -2.08. The number of phenolic OH excluding ortho intramolecular Hbond substituents is 2. The molecule has 5 atom stereocenters. The lowest BCUT2D eigenvalue weighted by molar-refractivity contribution is -0.169. The van der Waals surface area contributed by atoms with Gasteiger partial charge in [-0.2, -0.15) is 0 Å². The Bertz CT molecular complexity index is 688. The number of aliphatic hydroxyl groups excluding tert-OH is 3. The van der Waals surface area contributed by atoms with Crippen LogP contribution in [0.25, 0.3) is 0 Å². The molecule has 1 aromatic rings. The zero-order valence-electron chi connectivity index (χ0n) is 12.3. The van der Waals surface area contributed by atoms with E-state index in [1.165, 1.54) is 12.1 Å². The Morgan fingerprint density at radius 1 is 1.25 bits per heavy atom. The van der Waals surface area contributed by atoms with E-state index in [2.05, 4.69) is 0 Å². The average molecular weight is 340 g/mol. The number of ether oxygens (including phenoxy) is 2. The molecular weight excluding hydrogens is 324 g/mol. The van der Waals surface area contributed by atoms with Gasteiger partial charge in [0.05, 0.1) is 13.0 Å². The summed E-state index contributed by atoms with van der Waals surface area (Å²) in [5, 5.41) is 48.2. The van der Waals surface area contributed by atoms with Gasteiger partial charge in [0.1, 0.15) is 12.2 Å². The molecule has 0 aromatic heterocycles. The summed E-state index contributed by atoms with van der Waals surface area (Å²) in [7, 11) is 0. The van der Waals surface area contributed by atoms with Crippen molar-refractivity contribution in [3.8, 4) is 11.5 Å². The fourth-order valence-electron chi connectivity index (χ4n) is 3.23. The third kappa shape index (κ3) is 2.20. The molecule has 2 saturated heterocycles. The van der Waals surface area contributed by atoms with Crippen molar-refractivity contribution < 1.29 is 44.6 Å². The van der Waals surface area contributed by atoms with E-state index in [-0.39, 0.29) is 17.7 Å². The fourth-order valence-corrected chi connectivity index (χ4v) is 3.23. The van der Waals surface area contributed by atoms with Gasteiger partial charge in [0.15, 0.2) is 17.6 Å². The fraction of sp³-hybridized carbons (Fsp3) is 0.467. The summed E-state index contributed by atoms with van der Waals surface area (Å²) < 4.78 is 10.0. The van der Waals surface area contributed by atoms with Gasteiger partial charge in [0.2, 0.25) is 5.60 Å². The van der Waals surface area contributed by atoms with Crippen LogP contribution in [0.5, 0.6) is 11.5 Å². The minimum Gasteiger partial charge on any atom is -0.504 e. The number of carbonyl (C=O) groups excluding carboxylic acids is 2. The highest BCUT2D eigenvalue weighted by molar-refractivity contribution is 5.91. The topological polar surface area (TPSA) is 154 Å². The van der Waals surface area contributed by atoms with E-state index in [1.807, 2.05) is 0 Å². The molecule has 1 spiro atoms. The van der Waals surface area contributed by atoms with Crippen LogP contribution in [-0.4, -0.2) is 68.0 Å². The summed E-state index contributed by atoms with van der Waals surface area (Å²) >= 11 is 0. The van der Waals surface area contributed by atoms with Crippen molar-refractivity contribution >= 4 is 11.9 Å². The molecule has 24 heavy (non-hydrogen) atoms. The number of aromatic hydroxyl groups is 2. The van der Waals surface area contributed by atoms with Crippen molar-refractivity contribution in [1.29, 1.82) is 0 Å². The number of esters is 2. The number of aliphatic hydroxyl groups is 3. The summed E-state index contributed by atoms with van der Waals surface area (Å²) in [6.07, 6.45) is -4.98. The highest BCUT2D eigenvalue weighted by Crippen LogP contribution is 2.49. The van der Waals surface area contributed by atoms with Gasteiger partial charge in [-0.15, -0.1) is 0 Å². The Balaban J connectivity index is 2.05. The SMILES string of the molecule is O=C1C[C@H](c2ccc(O)c(O)c2)[C@]2(O1)C(=O)O[C@H]([C@@H](O)CO)[C@H]2O. The Morgan fingerprint density at radius 3 is 2.58 bits per heavy atom. The molecule has 0 unspecified atom stereocenters. The third-order valence-electron chi connectivity index (χ3n) is 4.45. The molecule has 0 saturated carbocycles. The molecule has 2 aliphatic rings. The molecule has 2 aliphatic heterocycles. The number of carbonyl (C=O) groups is 2. The molecule has 0 aliphatic carbocycles. The van der Waals surface area contributed by atoms with E-state index in [0.717, 1.165) is 6.07 Å². The van der Waals surface area contributed by atoms with E-state index in [0.29, 0.717) is 0 Å². The quantitative estimate of drug-likeness (QED) is 0.327. The van der Waals surface area contributed by atoms with Gasteiger partial charge >= 0.3 is 11.9 Å². The molecule has 9 heteroatoms. The number of cyclic esters (lactones) is 1. The Hall–Kier alpha value is -2.36. The Morgan fingerprint density at radius 2 is 1.96 bits per heavy atom. The lowest BCUT2D eigenvalue weighted by Crippen LogP contribution is -2.52. The molecule has 9 nitrogen and oxygen atoms in total. The largest absolute Gasteiger partial charge is 0.504 e. The first-order chi connectivity index (χ1) is 11.3. The first kappa shape index (κ1) is 16.5. The molecule has 2 fully saturated rings. The monoisotopic (exact) mass is 340 g/mol. The summed E-state index contributed by atoms with van der Waals surface area (Å²) in [6, 6.07) is 3.70. The van der Waals surface area contributed by atoms with Crippen LogP contribution in [0.15, 0.2) is 18.2 Å². The van der Waals surface area contributed by atoms with Gasteiger partial charge in [0, 0.05) is 5.92 Å². The van der Waals surface area contributed by atoms with Crippen LogP contribution in [0.1, 0.15) is 17.9 Å². The van der Waals surface area contributed by atoms with Crippen LogP contribution < -0.4 is 0 Å². The summed E-state index contributed by atoms with van der Waals surface area (Å²) in [5.74, 6) is -3.65. The zero-order valence-corrected chi connectivity index (χ0v) is 12.3. The van der Waals surface area contributed by atoms with Crippen molar-refractivity contribution in [1.82, 2.24) is 0 Å². The maximum Gasteiger partial charge on any atom is 0.354 e. The van der Waals surface area contributed by atoms with E-state index in [1.54, 1.807) is 0 Å². The Kier molecular flexibility index (Phi) is 3.86. The second-order valence-corrected chi connectivity index (χ2v) is 5.84. The van der Waals surface area contributed by atoms with Gasteiger partial charge in [0.25, 0.3) is 0 Å². The maximum absolute atomic E-state index is 12.4. The lowest BCUT2D eigenvalue weighted by Gasteiger charge is -2.29. The summed E-state index contributed by atoms with van der Waals surface area (Å²) in [5.41, 5.74) is -1.81. The lowest BCUT2D eigenvalue weighted by atomic mass is 9.77. The van der Waals surface area contributed by atoms with Crippen LogP contribution in [-0.2, 0) is 19.1 Å². The summed E-state index contributed by atoms with van der Waals surface area (Å²) in [6.45, 7) is -0.760. The maximum atomic E-state index is 12.4. The molecular formula is C15H16O9. The molecule has 0 bridgehead atoms. The number of hydrogen-bond acceptors (Lipinski definition) is 9. The van der Waals surface area contributed by atoms with Crippen LogP contribution in [0.3, 0.4) is 0 Å². The van der Waals surface area contributed by atoms with E-state index >= 15 is 0 Å². The highest BCUT2D eigenvalue weighted by atomic mass is 16.6. The minimum absolute atomic E-state index is 0.266. The van der Waals surface area contributed by atoms with Crippen LogP contribution in [0, 0.1) is 0 Å². The molecule has 2 heterocycles. The van der Waals surface area contributed by atoms with Gasteiger partial charge in [-0.05, 0) is 17.7 Å². The molecule has 130 valence electrons. The molecule has 0 radical (unpaired) electrons. The number of benzene rings is 1. The van der Waals surface area contributed by atoms with Crippen molar-refractivity contribution in [2.45, 2.75) is 36.3 Å². The first-order valence-electron chi connectivity index (χ1n) is 7.23. The van der Waals surface area contributed by atoms with Gasteiger partial charge in [-0.1, -0.05) is 6.07 Å². The molecule has 1 aromatic carbocycles. The van der Waals surface area contributed by atoms with Crippen LogP contribution in [0.2, 0.25) is 0 Å². The molecule has 5 N–H and O–H groups in total. The molecule has 3 rings (SSSR count). The predicted molar refractivity (Wildman–Crippen MR) is 74.9 cm³/mol. The second kappa shape index (κ2) is 5.62. The smallest absolute Gasteiger partial charge is 0.354 e. The number of rotatable bonds is 3. The van der Waals surface area contributed by atoms with Gasteiger partial charge in [-0.25, -0.2) is 4.79 Å². The standard InChI is InChI=1S/C15H16O9/c16-5-10(19)12-13(21)15(14(22)23-12)7(4-11(20)24-15)6-1-2-8(17)9(18)3-6/h1-3,7,10,12-13,16-19,21H,4-5H2/t7-,10+,12-,13-,15-/m1/s1. The normalized spacial score (nSPS) is 33.5. The third-order valence-corrected chi connectivity index (χ3v) is 4.45. The highest BCUT2D eigenvalue weighted by Gasteiger charge is 2.69.